The number of hydrogen-bond donors (Lipinski definition) is 2. The SMILES string of the molecule is [2H]C([2H])([2H])n1c(=O)n([C@@H]2CC[C@@]([2H])(NC(=O)OC)C2)c2cc(Nc3ccc4c(/C=C/OCC)nn(C5(C(=O)OCC)CCC5)c4n3)ncc21. The Morgan fingerprint density at radius 2 is 2.04 bits per heavy atom. The van der Waals surface area contributed by atoms with E-state index < -0.39 is 36.4 Å². The number of nitrogens with one attached hydrogen (secondary N) is 2. The van der Waals surface area contributed by atoms with E-state index in [0.717, 1.165) is 6.42 Å². The predicted molar refractivity (Wildman–Crippen MR) is 167 cm³/mol. The van der Waals surface area contributed by atoms with Gasteiger partial charge in [-0.2, -0.15) is 5.10 Å². The molecule has 0 saturated heterocycles. The van der Waals surface area contributed by atoms with E-state index in [9.17, 15) is 14.4 Å². The molecule has 0 unspecified atom stereocenters. The lowest BCUT2D eigenvalue weighted by molar-refractivity contribution is -0.159. The van der Waals surface area contributed by atoms with Crippen molar-refractivity contribution in [2.45, 2.75) is 70.0 Å². The molecule has 6 rings (SSSR count). The number of rotatable bonds is 10. The summed E-state index contributed by atoms with van der Waals surface area (Å²) >= 11 is 0. The lowest BCUT2D eigenvalue weighted by atomic mass is 9.77. The third-order valence-electron chi connectivity index (χ3n) is 8.40. The van der Waals surface area contributed by atoms with E-state index in [1.807, 2.05) is 13.0 Å². The van der Waals surface area contributed by atoms with Gasteiger partial charge in [0, 0.05) is 40.7 Å². The van der Waals surface area contributed by atoms with Gasteiger partial charge in [-0.25, -0.2) is 29.0 Å². The first-order valence-corrected chi connectivity index (χ1v) is 15.0. The first kappa shape index (κ1) is 25.4. The van der Waals surface area contributed by atoms with Crippen LogP contribution in [0, 0.1) is 0 Å². The summed E-state index contributed by atoms with van der Waals surface area (Å²) in [5, 5.41) is 11.1. The third-order valence-corrected chi connectivity index (χ3v) is 8.40. The minimum absolute atomic E-state index is 0.0533. The highest BCUT2D eigenvalue weighted by Gasteiger charge is 2.49. The van der Waals surface area contributed by atoms with E-state index in [0.29, 0.717) is 53.0 Å². The topological polar surface area (TPSA) is 156 Å². The van der Waals surface area contributed by atoms with Crippen LogP contribution in [0.1, 0.15) is 69.6 Å². The van der Waals surface area contributed by atoms with Crippen LogP contribution in [0.25, 0.3) is 28.1 Å². The number of aryl methyl sites for hydroxylation is 1. The van der Waals surface area contributed by atoms with Crippen molar-refractivity contribution in [1.29, 1.82) is 0 Å². The number of methoxy groups -OCH3 is 1. The van der Waals surface area contributed by atoms with E-state index >= 15 is 0 Å². The molecule has 1 amide bonds. The molecular weight excluding hydrogens is 580 g/mol. The molecule has 0 aliphatic heterocycles. The molecule has 2 N–H and O–H groups in total. The smallest absolute Gasteiger partial charge is 0.407 e. The van der Waals surface area contributed by atoms with E-state index in [2.05, 4.69) is 20.4 Å². The van der Waals surface area contributed by atoms with Gasteiger partial charge in [0.25, 0.3) is 0 Å². The van der Waals surface area contributed by atoms with Crippen LogP contribution in [0.15, 0.2) is 35.5 Å². The zero-order valence-corrected chi connectivity index (χ0v) is 25.3. The fourth-order valence-electron chi connectivity index (χ4n) is 6.03. The monoisotopic (exact) mass is 622 g/mol. The second-order valence-electron chi connectivity index (χ2n) is 11.0. The molecule has 238 valence electrons. The van der Waals surface area contributed by atoms with Crippen molar-refractivity contribution in [1.82, 2.24) is 34.2 Å². The summed E-state index contributed by atoms with van der Waals surface area (Å²) in [5.74, 6) is 0.252. The quantitative estimate of drug-likeness (QED) is 0.195. The maximum Gasteiger partial charge on any atom is 0.407 e. The lowest BCUT2D eigenvalue weighted by Crippen LogP contribution is -2.49. The number of esters is 1. The van der Waals surface area contributed by atoms with E-state index in [1.165, 1.54) is 17.9 Å². The fraction of sp³-hybridized carbons (Fsp3) is 0.484. The summed E-state index contributed by atoms with van der Waals surface area (Å²) in [7, 11) is 1.20. The number of amides is 1. The molecule has 0 aromatic carbocycles. The summed E-state index contributed by atoms with van der Waals surface area (Å²) in [4.78, 5) is 48.0. The molecule has 45 heavy (non-hydrogen) atoms. The van der Waals surface area contributed by atoms with Crippen LogP contribution in [0.2, 0.25) is 0 Å². The van der Waals surface area contributed by atoms with Crippen molar-refractivity contribution in [3.8, 4) is 0 Å². The van der Waals surface area contributed by atoms with Gasteiger partial charge in [0.15, 0.2) is 11.2 Å². The van der Waals surface area contributed by atoms with Gasteiger partial charge < -0.3 is 24.8 Å². The molecule has 2 fully saturated rings. The average molecular weight is 623 g/mol. The molecule has 2 aliphatic rings. The van der Waals surface area contributed by atoms with Gasteiger partial charge in [-0.15, -0.1) is 0 Å². The van der Waals surface area contributed by atoms with Gasteiger partial charge in [-0.3, -0.25) is 9.13 Å². The van der Waals surface area contributed by atoms with Crippen molar-refractivity contribution in [3.63, 3.8) is 0 Å². The number of aromatic nitrogens is 6. The normalized spacial score (nSPS) is 22.3. The number of fused-ring (bicyclic) bond motifs is 2. The van der Waals surface area contributed by atoms with Gasteiger partial charge in [-0.1, -0.05) is 0 Å². The Morgan fingerprint density at radius 1 is 1.20 bits per heavy atom. The second-order valence-corrected chi connectivity index (χ2v) is 11.0. The number of ether oxygens (including phenoxy) is 3. The van der Waals surface area contributed by atoms with Crippen molar-refractivity contribution >= 4 is 51.8 Å². The summed E-state index contributed by atoms with van der Waals surface area (Å²) in [6.45, 7) is 1.53. The van der Waals surface area contributed by atoms with Crippen LogP contribution < -0.4 is 16.3 Å². The standard InChI is InChI=1S/C31H38N8O6/c1-5-44-15-12-22-21-10-11-25(35-27(21)39(36-22)31(13-7-14-31)28(40)45-6-2)34-26-17-23-24(18-32-26)37(3)30(42)38(23)20-9-8-19(16-20)33-29(41)43-4/h10-12,15,17-20H,5-9,13-14,16H2,1-4H3,(H,33,41)(H,32,34,35)/b15-12+/t19-,20-/m1/s1/i3D3,19D. The summed E-state index contributed by atoms with van der Waals surface area (Å²) < 4.78 is 52.1. The minimum atomic E-state index is -2.80. The Morgan fingerprint density at radius 3 is 2.76 bits per heavy atom. The molecule has 4 aromatic rings. The fourth-order valence-corrected chi connectivity index (χ4v) is 6.03. The number of alkyl carbamates (subject to hydrolysis) is 1. The molecule has 2 atom stereocenters. The van der Waals surface area contributed by atoms with Gasteiger partial charge in [0.05, 0.1) is 50.9 Å². The lowest BCUT2D eigenvalue weighted by Gasteiger charge is -2.39. The van der Waals surface area contributed by atoms with Gasteiger partial charge in [0.2, 0.25) is 0 Å². The van der Waals surface area contributed by atoms with Crippen LogP contribution in [-0.2, 0) is 31.5 Å². The predicted octanol–water partition coefficient (Wildman–Crippen LogP) is 4.12. The number of pyridine rings is 2. The van der Waals surface area contributed by atoms with Crippen molar-refractivity contribution in [2.75, 3.05) is 25.6 Å². The number of carbonyl (C=O) groups is 2. The first-order chi connectivity index (χ1) is 23.3. The summed E-state index contributed by atoms with van der Waals surface area (Å²) in [5.41, 5.74) is -0.390. The largest absolute Gasteiger partial charge is 0.501 e. The summed E-state index contributed by atoms with van der Waals surface area (Å²) in [6, 6.07) is 3.11. The maximum atomic E-state index is 13.7. The van der Waals surface area contributed by atoms with Gasteiger partial charge in [0.1, 0.15) is 11.6 Å². The molecule has 0 spiro atoms. The van der Waals surface area contributed by atoms with Crippen molar-refractivity contribution in [3.05, 3.63) is 46.8 Å². The molecule has 14 heteroatoms. The van der Waals surface area contributed by atoms with Crippen molar-refractivity contribution < 1.29 is 29.3 Å². The van der Waals surface area contributed by atoms with Crippen LogP contribution in [0.4, 0.5) is 16.4 Å². The van der Waals surface area contributed by atoms with Gasteiger partial charge >= 0.3 is 17.8 Å². The van der Waals surface area contributed by atoms with Crippen LogP contribution in [0.3, 0.4) is 0 Å². The highest BCUT2D eigenvalue weighted by molar-refractivity contribution is 5.89. The highest BCUT2D eigenvalue weighted by atomic mass is 16.5. The second kappa shape index (κ2) is 12.3. The molecule has 2 saturated carbocycles. The number of hydrogen-bond acceptors (Lipinski definition) is 10. The Bertz CT molecular complexity index is 2000. The molecule has 14 nitrogen and oxygen atoms in total. The Balaban J connectivity index is 1.41. The first-order valence-electron chi connectivity index (χ1n) is 17.0. The highest BCUT2D eigenvalue weighted by Crippen LogP contribution is 2.42. The Hall–Kier alpha value is -4.88. The van der Waals surface area contributed by atoms with Crippen LogP contribution in [-0.4, -0.2) is 67.3 Å². The van der Waals surface area contributed by atoms with Crippen molar-refractivity contribution in [2.24, 2.45) is 6.98 Å². The number of nitrogens with zero attached hydrogens (tertiary/aromatic N) is 6. The number of carbonyl (C=O) groups excluding carboxylic acids is 2. The van der Waals surface area contributed by atoms with Gasteiger partial charge in [-0.05, 0) is 64.5 Å². The molecule has 0 radical (unpaired) electrons. The average Bonchev–Trinajstić information content (AvgIpc) is 3.67. The number of imidazole rings is 1. The Kier molecular flexibility index (Phi) is 6.93. The third kappa shape index (κ3) is 5.38. The molecule has 2 aliphatic carbocycles. The van der Waals surface area contributed by atoms with E-state index in [-0.39, 0.29) is 42.3 Å². The molecule has 0 bridgehead atoms. The van der Waals surface area contributed by atoms with E-state index in [4.69, 9.17) is 25.0 Å². The van der Waals surface area contributed by atoms with E-state index in [1.54, 1.807) is 36.1 Å². The zero-order chi connectivity index (χ0) is 35.1. The van der Waals surface area contributed by atoms with Crippen LogP contribution >= 0.6 is 0 Å². The maximum absolute atomic E-state index is 13.7. The summed E-state index contributed by atoms with van der Waals surface area (Å²) in [6.07, 6.45) is 6.33. The minimum Gasteiger partial charge on any atom is -0.501 e. The number of anilines is 2. The Labute approximate surface area is 265 Å². The molecule has 4 heterocycles. The zero-order valence-electron chi connectivity index (χ0n) is 29.3. The van der Waals surface area contributed by atoms with Crippen LogP contribution in [0.5, 0.6) is 0 Å². The molecular formula is C31H38N8O6. The molecule has 4 aromatic heterocycles.